The van der Waals surface area contributed by atoms with Crippen molar-refractivity contribution >= 4 is 27.4 Å². The summed E-state index contributed by atoms with van der Waals surface area (Å²) in [5, 5.41) is 0.220. The van der Waals surface area contributed by atoms with E-state index in [4.69, 9.17) is 11.6 Å². The van der Waals surface area contributed by atoms with E-state index in [1.165, 1.54) is 39.0 Å². The summed E-state index contributed by atoms with van der Waals surface area (Å²) in [7, 11) is 3.86. The highest BCUT2D eigenvalue weighted by Crippen LogP contribution is 2.48. The van der Waals surface area contributed by atoms with Gasteiger partial charge in [0, 0.05) is 10.2 Å². The Morgan fingerprint density at radius 3 is 2.71 bits per heavy atom. The molecule has 87 valence electrons. The molecular formula is C15H16ClSi. The molecule has 2 aliphatic carbocycles. The fourth-order valence-corrected chi connectivity index (χ4v) is 4.23. The number of rotatable bonds is 0. The minimum Gasteiger partial charge on any atom is -0.118 e. The molecule has 0 N–H and O–H groups in total. The van der Waals surface area contributed by atoms with Crippen LogP contribution in [0.3, 0.4) is 0 Å². The van der Waals surface area contributed by atoms with Gasteiger partial charge < -0.3 is 0 Å². The standard InChI is InChI=1S/C15H16ClSi/c1-7-8(2)15(17)11-6-10-4-5-12(16)14(10)9(3)13(7)11/h6,12,15H,4-5H2,1-3H3. The Hall–Kier alpha value is -0.533. The van der Waals surface area contributed by atoms with Crippen LogP contribution in [0.1, 0.15) is 59.0 Å². The van der Waals surface area contributed by atoms with Crippen molar-refractivity contribution in [2.75, 3.05) is 0 Å². The van der Waals surface area contributed by atoms with Crippen LogP contribution in [0, 0.1) is 6.92 Å². The van der Waals surface area contributed by atoms with E-state index >= 15 is 0 Å². The predicted octanol–water partition coefficient (Wildman–Crippen LogP) is 4.24. The number of hydrogen-bond acceptors (Lipinski definition) is 0. The zero-order valence-corrected chi connectivity index (χ0v) is 12.3. The maximum Gasteiger partial charge on any atom is 0.0593 e. The molecule has 0 saturated heterocycles. The van der Waals surface area contributed by atoms with E-state index in [0.29, 0.717) is 5.54 Å². The van der Waals surface area contributed by atoms with Gasteiger partial charge in [-0.15, -0.1) is 11.6 Å². The van der Waals surface area contributed by atoms with E-state index in [1.54, 1.807) is 0 Å². The monoisotopic (exact) mass is 259 g/mol. The lowest BCUT2D eigenvalue weighted by Gasteiger charge is -2.15. The lowest BCUT2D eigenvalue weighted by molar-refractivity contribution is 0.878. The molecule has 3 radical (unpaired) electrons. The smallest absolute Gasteiger partial charge is 0.0593 e. The van der Waals surface area contributed by atoms with Crippen LogP contribution < -0.4 is 0 Å². The summed E-state index contributed by atoms with van der Waals surface area (Å²) >= 11 is 6.44. The number of aryl methyl sites for hydroxylation is 1. The lowest BCUT2D eigenvalue weighted by Crippen LogP contribution is -2.01. The molecule has 0 saturated carbocycles. The molecule has 0 spiro atoms. The molecule has 17 heavy (non-hydrogen) atoms. The fraction of sp³-hybridized carbons (Fsp3) is 0.467. The summed E-state index contributed by atoms with van der Waals surface area (Å²) in [5.41, 5.74) is 10.4. The summed E-state index contributed by atoms with van der Waals surface area (Å²) in [6, 6.07) is 2.37. The first-order valence-electron chi connectivity index (χ1n) is 6.21. The molecule has 0 amide bonds. The molecule has 0 aromatic heterocycles. The first-order chi connectivity index (χ1) is 8.02. The van der Waals surface area contributed by atoms with Crippen molar-refractivity contribution in [3.63, 3.8) is 0 Å². The van der Waals surface area contributed by atoms with Crippen molar-refractivity contribution in [2.45, 2.75) is 44.5 Å². The van der Waals surface area contributed by atoms with Crippen LogP contribution in [0.2, 0.25) is 0 Å². The lowest BCUT2D eigenvalue weighted by atomic mass is 9.93. The van der Waals surface area contributed by atoms with Gasteiger partial charge in [-0.25, -0.2) is 0 Å². The summed E-state index contributed by atoms with van der Waals surface area (Å²) in [6.07, 6.45) is 2.23. The average molecular weight is 260 g/mol. The Morgan fingerprint density at radius 2 is 2.00 bits per heavy atom. The highest BCUT2D eigenvalue weighted by Gasteiger charge is 2.31. The third-order valence-electron chi connectivity index (χ3n) is 4.43. The second kappa shape index (κ2) is 3.73. The molecule has 1 aromatic rings. The maximum atomic E-state index is 6.44. The van der Waals surface area contributed by atoms with Crippen LogP contribution in [0.4, 0.5) is 0 Å². The predicted molar refractivity (Wildman–Crippen MR) is 74.9 cm³/mol. The summed E-state index contributed by atoms with van der Waals surface area (Å²) in [4.78, 5) is 0. The van der Waals surface area contributed by atoms with Gasteiger partial charge in [-0.1, -0.05) is 11.6 Å². The molecule has 1 aromatic carbocycles. The Balaban J connectivity index is 2.31. The van der Waals surface area contributed by atoms with Crippen LogP contribution in [-0.2, 0) is 6.42 Å². The molecule has 0 nitrogen and oxygen atoms in total. The van der Waals surface area contributed by atoms with Gasteiger partial charge in [-0.2, -0.15) is 0 Å². The van der Waals surface area contributed by atoms with E-state index in [-0.39, 0.29) is 5.38 Å². The Labute approximate surface area is 111 Å². The van der Waals surface area contributed by atoms with Gasteiger partial charge in [0.05, 0.1) is 5.38 Å². The van der Waals surface area contributed by atoms with Gasteiger partial charge in [0.2, 0.25) is 0 Å². The van der Waals surface area contributed by atoms with Gasteiger partial charge in [-0.3, -0.25) is 0 Å². The van der Waals surface area contributed by atoms with Crippen LogP contribution >= 0.6 is 11.6 Å². The topological polar surface area (TPSA) is 0 Å². The first kappa shape index (κ1) is 11.6. The first-order valence-corrected chi connectivity index (χ1v) is 7.23. The molecule has 3 rings (SSSR count). The van der Waals surface area contributed by atoms with Crippen molar-refractivity contribution < 1.29 is 0 Å². The molecule has 0 bridgehead atoms. The van der Waals surface area contributed by atoms with Crippen molar-refractivity contribution in [3.05, 3.63) is 39.5 Å². The van der Waals surface area contributed by atoms with E-state index in [0.717, 1.165) is 12.8 Å². The van der Waals surface area contributed by atoms with Crippen LogP contribution in [-0.4, -0.2) is 10.2 Å². The Morgan fingerprint density at radius 1 is 1.29 bits per heavy atom. The van der Waals surface area contributed by atoms with E-state index < -0.39 is 0 Å². The Bertz CT molecular complexity index is 542. The molecule has 2 atom stereocenters. The fourth-order valence-electron chi connectivity index (χ4n) is 3.37. The molecule has 2 heteroatoms. The van der Waals surface area contributed by atoms with Gasteiger partial charge >= 0.3 is 0 Å². The van der Waals surface area contributed by atoms with Crippen LogP contribution in [0.15, 0.2) is 11.6 Å². The van der Waals surface area contributed by atoms with Crippen LogP contribution in [0.5, 0.6) is 0 Å². The quantitative estimate of drug-likeness (QED) is 0.483. The molecule has 2 aliphatic rings. The zero-order chi connectivity index (χ0) is 12.3. The van der Waals surface area contributed by atoms with Crippen molar-refractivity contribution in [3.8, 4) is 0 Å². The number of allylic oxidation sites excluding steroid dienone is 2. The number of hydrogen-bond donors (Lipinski definition) is 0. The van der Waals surface area contributed by atoms with Crippen molar-refractivity contribution in [1.82, 2.24) is 0 Å². The number of fused-ring (bicyclic) bond motifs is 2. The normalized spacial score (nSPS) is 26.4. The SMILES string of the molecule is CC1=C(C)C([Si])c2cc3c(c(C)c21)C(Cl)CC3. The molecular weight excluding hydrogens is 244 g/mol. The van der Waals surface area contributed by atoms with Gasteiger partial charge in [-0.05, 0) is 72.5 Å². The third kappa shape index (κ3) is 1.42. The highest BCUT2D eigenvalue weighted by atomic mass is 35.5. The minimum atomic E-state index is 0.220. The Kier molecular flexibility index (Phi) is 2.53. The molecule has 2 unspecified atom stereocenters. The molecule has 0 heterocycles. The largest absolute Gasteiger partial charge is 0.118 e. The highest BCUT2D eigenvalue weighted by molar-refractivity contribution is 6.21. The van der Waals surface area contributed by atoms with Gasteiger partial charge in [0.25, 0.3) is 0 Å². The van der Waals surface area contributed by atoms with Gasteiger partial charge in [0.1, 0.15) is 0 Å². The van der Waals surface area contributed by atoms with Crippen molar-refractivity contribution in [2.24, 2.45) is 0 Å². The van der Waals surface area contributed by atoms with E-state index in [1.807, 2.05) is 0 Å². The number of benzene rings is 1. The number of alkyl halides is 1. The average Bonchev–Trinajstić information content (AvgIpc) is 2.76. The maximum absolute atomic E-state index is 6.44. The van der Waals surface area contributed by atoms with E-state index in [2.05, 4.69) is 37.1 Å². The molecule has 0 fully saturated rings. The summed E-state index contributed by atoms with van der Waals surface area (Å²) < 4.78 is 0. The summed E-state index contributed by atoms with van der Waals surface area (Å²) in [5.74, 6) is 0. The second-order valence-corrected chi connectivity index (χ2v) is 6.39. The van der Waals surface area contributed by atoms with Crippen molar-refractivity contribution in [1.29, 1.82) is 0 Å². The summed E-state index contributed by atoms with van der Waals surface area (Å²) in [6.45, 7) is 6.68. The van der Waals surface area contributed by atoms with E-state index in [9.17, 15) is 0 Å². The second-order valence-electron chi connectivity index (χ2n) is 5.29. The van der Waals surface area contributed by atoms with Crippen LogP contribution in [0.25, 0.3) is 5.57 Å². The number of halogens is 1. The minimum absolute atomic E-state index is 0.220. The third-order valence-corrected chi connectivity index (χ3v) is 5.61. The van der Waals surface area contributed by atoms with Gasteiger partial charge in [0.15, 0.2) is 0 Å². The zero-order valence-electron chi connectivity index (χ0n) is 10.5. The molecule has 0 aliphatic heterocycles.